The van der Waals surface area contributed by atoms with Crippen LogP contribution in [-0.4, -0.2) is 51.0 Å². The van der Waals surface area contributed by atoms with Gasteiger partial charge in [0.2, 0.25) is 15.9 Å². The monoisotopic (exact) mass is 302 g/mol. The van der Waals surface area contributed by atoms with Gasteiger partial charge >= 0.3 is 5.97 Å². The van der Waals surface area contributed by atoms with Crippen molar-refractivity contribution in [1.82, 2.24) is 9.29 Å². The molecule has 8 heteroatoms. The second-order valence-electron chi connectivity index (χ2n) is 3.96. The van der Waals surface area contributed by atoms with Gasteiger partial charge in [0.05, 0.1) is 19.4 Å². The zero-order chi connectivity index (χ0) is 15.3. The van der Waals surface area contributed by atoms with Gasteiger partial charge < -0.3 is 9.47 Å². The molecule has 112 valence electrons. The highest BCUT2D eigenvalue weighted by Crippen LogP contribution is 2.22. The van der Waals surface area contributed by atoms with E-state index in [1.165, 1.54) is 20.2 Å². The van der Waals surface area contributed by atoms with Crippen molar-refractivity contribution in [3.8, 4) is 5.88 Å². The molecule has 0 amide bonds. The molecule has 1 aromatic heterocycles. The molecule has 0 aliphatic rings. The predicted octanol–water partition coefficient (Wildman–Crippen LogP) is 0.907. The van der Waals surface area contributed by atoms with Gasteiger partial charge in [-0.3, -0.25) is 0 Å². The van der Waals surface area contributed by atoms with Crippen LogP contribution in [-0.2, 0) is 14.8 Å². The number of aromatic nitrogens is 1. The zero-order valence-electron chi connectivity index (χ0n) is 11.9. The lowest BCUT2D eigenvalue weighted by Gasteiger charge is -2.13. The van der Waals surface area contributed by atoms with E-state index >= 15 is 0 Å². The Kier molecular flexibility index (Phi) is 5.46. The molecule has 0 spiro atoms. The number of hydrogen-bond acceptors (Lipinski definition) is 6. The van der Waals surface area contributed by atoms with Gasteiger partial charge in [-0.25, -0.2) is 22.5 Å². The molecule has 0 aromatic carbocycles. The smallest absolute Gasteiger partial charge is 0.343 e. The van der Waals surface area contributed by atoms with Gasteiger partial charge in [-0.15, -0.1) is 0 Å². The van der Waals surface area contributed by atoms with E-state index in [1.54, 1.807) is 13.8 Å². The van der Waals surface area contributed by atoms with E-state index < -0.39 is 16.0 Å². The molecule has 1 rings (SSSR count). The summed E-state index contributed by atoms with van der Waals surface area (Å²) in [6, 6.07) is 1.21. The van der Waals surface area contributed by atoms with Crippen molar-refractivity contribution in [3.05, 3.63) is 17.8 Å². The third-order valence-corrected chi connectivity index (χ3v) is 4.16. The number of carbonyl (C=O) groups is 1. The molecule has 0 aliphatic heterocycles. The Balaban J connectivity index is 3.34. The second-order valence-corrected chi connectivity index (χ2v) is 6.12. The first-order valence-corrected chi connectivity index (χ1v) is 7.51. The first-order chi connectivity index (χ1) is 9.34. The lowest BCUT2D eigenvalue weighted by atomic mass is 10.3. The van der Waals surface area contributed by atoms with Crippen LogP contribution in [0, 0.1) is 0 Å². The molecule has 0 fully saturated rings. The largest absolute Gasteiger partial charge is 0.477 e. The van der Waals surface area contributed by atoms with Crippen molar-refractivity contribution < 1.29 is 22.7 Å². The molecule has 0 saturated carbocycles. The van der Waals surface area contributed by atoms with Crippen LogP contribution in [0.5, 0.6) is 5.88 Å². The fourth-order valence-corrected chi connectivity index (χ4v) is 2.27. The molecule has 0 N–H and O–H groups in total. The third kappa shape index (κ3) is 3.45. The van der Waals surface area contributed by atoms with Crippen LogP contribution in [0.4, 0.5) is 0 Å². The van der Waals surface area contributed by atoms with E-state index in [1.807, 2.05) is 0 Å². The van der Waals surface area contributed by atoms with E-state index in [-0.39, 0.29) is 22.9 Å². The van der Waals surface area contributed by atoms with E-state index in [0.29, 0.717) is 6.61 Å². The molecule has 0 unspecified atom stereocenters. The summed E-state index contributed by atoms with van der Waals surface area (Å²) in [7, 11) is -0.875. The number of carbonyl (C=O) groups excluding carboxylic acids is 1. The Hall–Kier alpha value is -1.67. The minimum atomic E-state index is -3.67. The van der Waals surface area contributed by atoms with Crippen molar-refractivity contribution >= 4 is 16.0 Å². The summed E-state index contributed by atoms with van der Waals surface area (Å²) in [4.78, 5) is 15.6. The summed E-state index contributed by atoms with van der Waals surface area (Å²) in [6.45, 7) is 3.88. The summed E-state index contributed by atoms with van der Waals surface area (Å²) >= 11 is 0. The molecule has 0 aliphatic carbocycles. The van der Waals surface area contributed by atoms with Crippen LogP contribution in [0.3, 0.4) is 0 Å². The van der Waals surface area contributed by atoms with E-state index in [4.69, 9.17) is 9.47 Å². The number of esters is 1. The average Bonchev–Trinajstić information content (AvgIpc) is 2.39. The first kappa shape index (κ1) is 16.4. The van der Waals surface area contributed by atoms with Crippen LogP contribution >= 0.6 is 0 Å². The third-order valence-electron chi connectivity index (χ3n) is 2.38. The van der Waals surface area contributed by atoms with E-state index in [9.17, 15) is 13.2 Å². The molecule has 0 saturated heterocycles. The lowest BCUT2D eigenvalue weighted by molar-refractivity contribution is 0.0520. The number of ether oxygens (including phenoxy) is 2. The topological polar surface area (TPSA) is 85.8 Å². The Morgan fingerprint density at radius 1 is 1.30 bits per heavy atom. The summed E-state index contributed by atoms with van der Waals surface area (Å²) in [5, 5.41) is 0. The number of nitrogens with zero attached hydrogens (tertiary/aromatic N) is 2. The van der Waals surface area contributed by atoms with Crippen LogP contribution in [0.25, 0.3) is 0 Å². The van der Waals surface area contributed by atoms with E-state index in [0.717, 1.165) is 10.5 Å². The van der Waals surface area contributed by atoms with E-state index in [2.05, 4.69) is 4.98 Å². The van der Waals surface area contributed by atoms with Crippen molar-refractivity contribution in [2.45, 2.75) is 18.7 Å². The lowest BCUT2D eigenvalue weighted by Crippen LogP contribution is -2.23. The van der Waals surface area contributed by atoms with Gasteiger partial charge in [-0.2, -0.15) is 0 Å². The summed E-state index contributed by atoms with van der Waals surface area (Å²) in [5.74, 6) is -0.608. The highest BCUT2D eigenvalue weighted by Gasteiger charge is 2.23. The Labute approximate surface area is 118 Å². The van der Waals surface area contributed by atoms with Gasteiger partial charge in [0.25, 0.3) is 0 Å². The van der Waals surface area contributed by atoms with Crippen molar-refractivity contribution in [2.24, 2.45) is 0 Å². The molecular weight excluding hydrogens is 284 g/mol. The maximum atomic E-state index is 12.0. The quantitative estimate of drug-likeness (QED) is 0.726. The number of hydrogen-bond donors (Lipinski definition) is 0. The zero-order valence-corrected chi connectivity index (χ0v) is 12.7. The van der Waals surface area contributed by atoms with Crippen molar-refractivity contribution in [2.75, 3.05) is 27.3 Å². The number of sulfonamides is 1. The summed E-state index contributed by atoms with van der Waals surface area (Å²) < 4.78 is 35.2. The Morgan fingerprint density at radius 2 is 1.95 bits per heavy atom. The van der Waals surface area contributed by atoms with Crippen molar-refractivity contribution in [3.63, 3.8) is 0 Å². The Morgan fingerprint density at radius 3 is 2.45 bits per heavy atom. The number of rotatable bonds is 6. The molecular formula is C12H18N2O5S. The van der Waals surface area contributed by atoms with Crippen LogP contribution in [0.15, 0.2) is 17.2 Å². The van der Waals surface area contributed by atoms with Crippen LogP contribution in [0.2, 0.25) is 0 Å². The summed E-state index contributed by atoms with van der Waals surface area (Å²) in [6.07, 6.45) is 1.16. The predicted molar refractivity (Wildman–Crippen MR) is 72.2 cm³/mol. The minimum Gasteiger partial charge on any atom is -0.477 e. The van der Waals surface area contributed by atoms with Gasteiger partial charge in [0, 0.05) is 14.1 Å². The Bertz CT molecular complexity index is 584. The van der Waals surface area contributed by atoms with Gasteiger partial charge in [0.15, 0.2) is 0 Å². The standard InChI is InChI=1S/C12H18N2O5S/c1-5-18-11-10(12(15)19-6-2)7-9(8-13-11)20(16,17)14(3)4/h7-8H,5-6H2,1-4H3. The highest BCUT2D eigenvalue weighted by atomic mass is 32.2. The SMILES string of the molecule is CCOC(=O)c1cc(S(=O)(=O)N(C)C)cnc1OCC. The number of pyridine rings is 1. The van der Waals surface area contributed by atoms with Gasteiger partial charge in [0.1, 0.15) is 10.5 Å². The van der Waals surface area contributed by atoms with Crippen molar-refractivity contribution in [1.29, 1.82) is 0 Å². The van der Waals surface area contributed by atoms with Gasteiger partial charge in [-0.1, -0.05) is 0 Å². The molecule has 1 aromatic rings. The van der Waals surface area contributed by atoms with Gasteiger partial charge in [-0.05, 0) is 19.9 Å². The molecule has 20 heavy (non-hydrogen) atoms. The molecule has 0 atom stereocenters. The molecule has 0 radical (unpaired) electrons. The normalized spacial score (nSPS) is 11.4. The highest BCUT2D eigenvalue weighted by molar-refractivity contribution is 7.89. The first-order valence-electron chi connectivity index (χ1n) is 6.07. The fourth-order valence-electron chi connectivity index (χ4n) is 1.39. The molecule has 1 heterocycles. The summed E-state index contributed by atoms with van der Waals surface area (Å²) in [5.41, 5.74) is -0.00313. The molecule has 7 nitrogen and oxygen atoms in total. The maximum Gasteiger partial charge on any atom is 0.343 e. The van der Waals surface area contributed by atoms with Crippen LogP contribution in [0.1, 0.15) is 24.2 Å². The minimum absolute atomic E-state index is 0.00313. The fraction of sp³-hybridized carbons (Fsp3) is 0.500. The molecule has 0 bridgehead atoms. The van der Waals surface area contributed by atoms with Crippen LogP contribution < -0.4 is 4.74 Å². The average molecular weight is 302 g/mol. The maximum absolute atomic E-state index is 12.0. The second kappa shape index (κ2) is 6.67.